The summed E-state index contributed by atoms with van der Waals surface area (Å²) in [5.41, 5.74) is 1.06. The number of benzene rings is 2. The fourth-order valence-electron chi connectivity index (χ4n) is 3.87. The number of carbonyl (C=O) groups is 1. The maximum Gasteiger partial charge on any atom is 0.201 e. The average molecular weight is 472 g/mol. The summed E-state index contributed by atoms with van der Waals surface area (Å²) in [6, 6.07) is 17.2. The number of halogens is 2. The highest BCUT2D eigenvalue weighted by molar-refractivity contribution is 6.07. The van der Waals surface area contributed by atoms with Crippen LogP contribution in [0.15, 0.2) is 67.0 Å². The minimum atomic E-state index is -1.95. The van der Waals surface area contributed by atoms with Gasteiger partial charge < -0.3 is 26.5 Å². The Morgan fingerprint density at radius 1 is 0.967 bits per heavy atom. The summed E-state index contributed by atoms with van der Waals surface area (Å²) in [4.78, 5) is 12.8. The number of nitrogens with zero attached hydrogens (tertiary/aromatic N) is 1. The summed E-state index contributed by atoms with van der Waals surface area (Å²) in [6.45, 7) is 0.742. The van der Waals surface area contributed by atoms with Gasteiger partial charge in [0.2, 0.25) is 5.78 Å². The van der Waals surface area contributed by atoms with Gasteiger partial charge in [0.1, 0.15) is 0 Å². The molecule has 30 heavy (non-hydrogen) atoms. The summed E-state index contributed by atoms with van der Waals surface area (Å²) < 4.78 is 28.2. The molecule has 0 spiro atoms. The monoisotopic (exact) mass is 471 g/mol. The van der Waals surface area contributed by atoms with Crippen LogP contribution in [0.25, 0.3) is 0 Å². The molecule has 0 aliphatic heterocycles. The molecule has 0 N–H and O–H groups in total. The van der Waals surface area contributed by atoms with Gasteiger partial charge in [0.15, 0.2) is 36.1 Å². The second-order valence-electron chi connectivity index (χ2n) is 7.38. The molecule has 1 aliphatic carbocycles. The van der Waals surface area contributed by atoms with Crippen LogP contribution in [0.2, 0.25) is 0 Å². The lowest BCUT2D eigenvalue weighted by molar-refractivity contribution is -0.688. The molecule has 0 radical (unpaired) electrons. The van der Waals surface area contributed by atoms with E-state index < -0.39 is 11.5 Å². The van der Waals surface area contributed by atoms with Crippen molar-refractivity contribution in [3.8, 4) is 11.5 Å². The molecule has 2 aromatic carbocycles. The van der Waals surface area contributed by atoms with Gasteiger partial charge in [-0.15, -0.1) is 0 Å². The second-order valence-corrected chi connectivity index (χ2v) is 7.38. The number of ketones is 1. The minimum Gasteiger partial charge on any atom is -1.00 e. The number of methoxy groups -OCH3 is 2. The smallest absolute Gasteiger partial charge is 0.201 e. The molecule has 0 fully saturated rings. The van der Waals surface area contributed by atoms with Crippen molar-refractivity contribution < 1.29 is 40.2 Å². The molecule has 0 saturated carbocycles. The van der Waals surface area contributed by atoms with Gasteiger partial charge in [-0.1, -0.05) is 30.3 Å². The van der Waals surface area contributed by atoms with E-state index in [1.807, 2.05) is 47.3 Å². The van der Waals surface area contributed by atoms with Gasteiger partial charge in [0.05, 0.1) is 14.2 Å². The lowest BCUT2D eigenvalue weighted by Crippen LogP contribution is -3.00. The summed E-state index contributed by atoms with van der Waals surface area (Å²) in [7, 11) is 3.03. The Kier molecular flexibility index (Phi) is 6.56. The molecule has 1 atom stereocenters. The summed E-state index contributed by atoms with van der Waals surface area (Å²) in [6.07, 6.45) is 3.92. The van der Waals surface area contributed by atoms with Crippen LogP contribution in [0.1, 0.15) is 27.0 Å². The number of hydrogen-bond donors (Lipinski definition) is 0. The molecule has 0 amide bonds. The van der Waals surface area contributed by atoms with E-state index in [-0.39, 0.29) is 29.8 Å². The Hall–Kier alpha value is -2.73. The number of alkyl halides is 1. The largest absolute Gasteiger partial charge is 1.00 e. The van der Waals surface area contributed by atoms with Gasteiger partial charge in [0, 0.05) is 36.1 Å². The van der Waals surface area contributed by atoms with E-state index in [4.69, 9.17) is 9.47 Å². The van der Waals surface area contributed by atoms with E-state index in [2.05, 4.69) is 12.1 Å². The molecule has 1 heterocycles. The zero-order valence-corrected chi connectivity index (χ0v) is 18.5. The Morgan fingerprint density at radius 2 is 1.60 bits per heavy atom. The summed E-state index contributed by atoms with van der Waals surface area (Å²) in [5, 5.41) is 0. The topological polar surface area (TPSA) is 39.4 Å². The van der Waals surface area contributed by atoms with E-state index in [0.717, 1.165) is 12.1 Å². The molecule has 0 saturated heterocycles. The summed E-state index contributed by atoms with van der Waals surface area (Å²) >= 11 is 0. The van der Waals surface area contributed by atoms with Gasteiger partial charge in [-0.25, -0.2) is 8.96 Å². The Balaban J connectivity index is 0.00000256. The first-order chi connectivity index (χ1) is 14.0. The zero-order valence-electron chi connectivity index (χ0n) is 16.9. The van der Waals surface area contributed by atoms with E-state index >= 15 is 4.39 Å². The quantitative estimate of drug-likeness (QED) is 0.497. The predicted octanol–water partition coefficient (Wildman–Crippen LogP) is 0.733. The molecular weight excluding hydrogens is 449 g/mol. The fourth-order valence-corrected chi connectivity index (χ4v) is 3.87. The van der Waals surface area contributed by atoms with Crippen molar-refractivity contribution in [3.05, 3.63) is 89.2 Å². The van der Waals surface area contributed by atoms with Crippen molar-refractivity contribution in [1.82, 2.24) is 0 Å². The Morgan fingerprint density at radius 3 is 2.23 bits per heavy atom. The van der Waals surface area contributed by atoms with Crippen LogP contribution in [0, 0.1) is 0 Å². The number of rotatable bonds is 6. The first-order valence-electron chi connectivity index (χ1n) is 9.53. The van der Waals surface area contributed by atoms with Gasteiger partial charge >= 0.3 is 0 Å². The number of carbonyl (C=O) groups excluding carboxylic acids is 1. The van der Waals surface area contributed by atoms with Crippen LogP contribution in [-0.4, -0.2) is 25.7 Å². The van der Waals surface area contributed by atoms with E-state index in [9.17, 15) is 4.79 Å². The van der Waals surface area contributed by atoms with Gasteiger partial charge in [-0.2, -0.15) is 0 Å². The predicted molar refractivity (Wildman–Crippen MR) is 107 cm³/mol. The molecule has 1 aromatic heterocycles. The SMILES string of the molecule is COc1cc2c(cc1OC)C(=O)C(F)(Cc1cc[n+](Cc3ccccc3)cc1)C2.[Br-]. The van der Waals surface area contributed by atoms with Gasteiger partial charge in [-0.05, 0) is 23.3 Å². The average Bonchev–Trinajstić information content (AvgIpc) is 2.98. The number of Topliss-reactive ketones (excluding diaryl/α,β-unsaturated/α-hetero) is 1. The van der Waals surface area contributed by atoms with Crippen LogP contribution in [0.5, 0.6) is 11.5 Å². The van der Waals surface area contributed by atoms with Gasteiger partial charge in [-0.3, -0.25) is 4.79 Å². The maximum atomic E-state index is 15.7. The van der Waals surface area contributed by atoms with E-state index in [1.54, 1.807) is 12.1 Å². The van der Waals surface area contributed by atoms with Gasteiger partial charge in [0.25, 0.3) is 0 Å². The van der Waals surface area contributed by atoms with Crippen LogP contribution in [0.3, 0.4) is 0 Å². The second kappa shape index (κ2) is 8.96. The number of ether oxygens (including phenoxy) is 2. The number of pyridine rings is 1. The summed E-state index contributed by atoms with van der Waals surface area (Å²) in [5.74, 6) is 0.449. The van der Waals surface area contributed by atoms with Crippen molar-refractivity contribution in [3.63, 3.8) is 0 Å². The van der Waals surface area contributed by atoms with Crippen molar-refractivity contribution in [2.75, 3.05) is 14.2 Å². The number of aromatic nitrogens is 1. The Labute approximate surface area is 186 Å². The fraction of sp³-hybridized carbons (Fsp3) is 0.250. The third-order valence-corrected chi connectivity index (χ3v) is 5.38. The van der Waals surface area contributed by atoms with E-state index in [1.165, 1.54) is 19.8 Å². The maximum absolute atomic E-state index is 15.7. The molecule has 4 rings (SSSR count). The van der Waals surface area contributed by atoms with Crippen LogP contribution >= 0.6 is 0 Å². The molecule has 1 aliphatic rings. The first-order valence-corrected chi connectivity index (χ1v) is 9.53. The third-order valence-electron chi connectivity index (χ3n) is 5.38. The highest BCUT2D eigenvalue weighted by atomic mass is 79.9. The molecule has 0 bridgehead atoms. The number of hydrogen-bond acceptors (Lipinski definition) is 3. The zero-order chi connectivity index (χ0) is 20.4. The molecule has 3 aromatic rings. The Bertz CT molecular complexity index is 1040. The van der Waals surface area contributed by atoms with Crippen molar-refractivity contribution in [2.24, 2.45) is 0 Å². The molecule has 1 unspecified atom stereocenters. The molecule has 4 nitrogen and oxygen atoms in total. The van der Waals surface area contributed by atoms with E-state index in [0.29, 0.717) is 22.6 Å². The normalized spacial score (nSPS) is 17.2. The minimum absolute atomic E-state index is 0. The standard InChI is InChI=1S/C24H23FNO3.BrH/c1-28-21-12-19-15-24(25,23(27)20(19)13-22(21)29-2)14-17-8-10-26(11-9-17)16-18-6-4-3-5-7-18;/h3-13H,14-16H2,1-2H3;1H/q+1;/p-1. The van der Waals surface area contributed by atoms with Crippen LogP contribution in [0.4, 0.5) is 4.39 Å². The number of fused-ring (bicyclic) bond motifs is 1. The van der Waals surface area contributed by atoms with Crippen molar-refractivity contribution >= 4 is 5.78 Å². The lowest BCUT2D eigenvalue weighted by Gasteiger charge is -2.17. The first kappa shape index (κ1) is 22.0. The third kappa shape index (κ3) is 4.24. The van der Waals surface area contributed by atoms with Crippen molar-refractivity contribution in [2.45, 2.75) is 25.1 Å². The van der Waals surface area contributed by atoms with Crippen LogP contribution in [-0.2, 0) is 19.4 Å². The highest BCUT2D eigenvalue weighted by Crippen LogP contribution is 2.41. The lowest BCUT2D eigenvalue weighted by atomic mass is 9.93. The molecular formula is C24H23BrFNO3. The van der Waals surface area contributed by atoms with Crippen molar-refractivity contribution in [1.29, 1.82) is 0 Å². The van der Waals surface area contributed by atoms with Crippen LogP contribution < -0.4 is 31.0 Å². The molecule has 156 valence electrons. The highest BCUT2D eigenvalue weighted by Gasteiger charge is 2.46. The molecule has 6 heteroatoms.